The maximum atomic E-state index is 9.16. The van der Waals surface area contributed by atoms with Crippen molar-refractivity contribution in [3.05, 3.63) is 63.6 Å². The molecular weight excluding hydrogens is 293 g/mol. The quantitative estimate of drug-likeness (QED) is 0.878. The summed E-state index contributed by atoms with van der Waals surface area (Å²) >= 11 is 12.2. The van der Waals surface area contributed by atoms with Gasteiger partial charge in [0, 0.05) is 28.8 Å². The standard InChI is InChI=1S/C16H17Cl2NO/c1-2-19(10-12-4-3-5-14(17)8-12)15-7-6-13(11-20)16(18)9-15/h3-9,20H,2,10-11H2,1H3. The van der Waals surface area contributed by atoms with E-state index in [2.05, 4.69) is 17.9 Å². The third-order valence-corrected chi connectivity index (χ3v) is 3.80. The highest BCUT2D eigenvalue weighted by atomic mass is 35.5. The summed E-state index contributed by atoms with van der Waals surface area (Å²) in [5.41, 5.74) is 2.94. The Morgan fingerprint density at radius 3 is 2.50 bits per heavy atom. The fourth-order valence-corrected chi connectivity index (χ4v) is 2.55. The van der Waals surface area contributed by atoms with E-state index in [0.29, 0.717) is 5.02 Å². The lowest BCUT2D eigenvalue weighted by Gasteiger charge is -2.24. The molecular formula is C16H17Cl2NO. The minimum absolute atomic E-state index is 0.0421. The van der Waals surface area contributed by atoms with Crippen molar-refractivity contribution in [3.63, 3.8) is 0 Å². The second-order valence-corrected chi connectivity index (χ2v) is 5.42. The van der Waals surface area contributed by atoms with Gasteiger partial charge in [-0.25, -0.2) is 0 Å². The summed E-state index contributed by atoms with van der Waals surface area (Å²) in [6.07, 6.45) is 0. The van der Waals surface area contributed by atoms with Crippen molar-refractivity contribution >= 4 is 28.9 Å². The van der Waals surface area contributed by atoms with Crippen LogP contribution < -0.4 is 4.90 Å². The molecule has 2 aromatic rings. The van der Waals surface area contributed by atoms with Gasteiger partial charge in [-0.1, -0.05) is 41.4 Å². The van der Waals surface area contributed by atoms with Crippen LogP contribution in [0.1, 0.15) is 18.1 Å². The molecule has 2 rings (SSSR count). The lowest BCUT2D eigenvalue weighted by Crippen LogP contribution is -2.22. The van der Waals surface area contributed by atoms with Crippen LogP contribution in [0.4, 0.5) is 5.69 Å². The number of aliphatic hydroxyl groups is 1. The van der Waals surface area contributed by atoms with Gasteiger partial charge in [-0.3, -0.25) is 0 Å². The summed E-state index contributed by atoms with van der Waals surface area (Å²) in [5, 5.41) is 10.5. The molecule has 0 aliphatic rings. The monoisotopic (exact) mass is 309 g/mol. The van der Waals surface area contributed by atoms with E-state index in [-0.39, 0.29) is 6.61 Å². The lowest BCUT2D eigenvalue weighted by molar-refractivity contribution is 0.282. The van der Waals surface area contributed by atoms with Crippen LogP contribution in [0.2, 0.25) is 10.0 Å². The normalized spacial score (nSPS) is 10.6. The summed E-state index contributed by atoms with van der Waals surface area (Å²) in [6, 6.07) is 13.6. The van der Waals surface area contributed by atoms with Gasteiger partial charge in [-0.15, -0.1) is 0 Å². The average Bonchev–Trinajstić information content (AvgIpc) is 2.44. The number of halogens is 2. The van der Waals surface area contributed by atoms with E-state index in [9.17, 15) is 0 Å². The summed E-state index contributed by atoms with van der Waals surface area (Å²) in [5.74, 6) is 0. The first-order valence-electron chi connectivity index (χ1n) is 6.52. The molecule has 0 aliphatic carbocycles. The molecule has 4 heteroatoms. The topological polar surface area (TPSA) is 23.5 Å². The van der Waals surface area contributed by atoms with Crippen LogP contribution in [0.3, 0.4) is 0 Å². The van der Waals surface area contributed by atoms with Gasteiger partial charge in [-0.2, -0.15) is 0 Å². The van der Waals surface area contributed by atoms with E-state index in [1.54, 1.807) is 0 Å². The molecule has 0 amide bonds. The van der Waals surface area contributed by atoms with Crippen molar-refractivity contribution in [1.29, 1.82) is 0 Å². The Morgan fingerprint density at radius 1 is 1.10 bits per heavy atom. The molecule has 0 saturated heterocycles. The number of nitrogens with zero attached hydrogens (tertiary/aromatic N) is 1. The second kappa shape index (κ2) is 6.98. The van der Waals surface area contributed by atoms with Crippen LogP contribution in [-0.4, -0.2) is 11.7 Å². The Bertz CT molecular complexity index is 586. The van der Waals surface area contributed by atoms with Crippen LogP contribution in [0, 0.1) is 0 Å². The van der Waals surface area contributed by atoms with Gasteiger partial charge >= 0.3 is 0 Å². The Hall–Kier alpha value is -1.22. The van der Waals surface area contributed by atoms with Crippen molar-refractivity contribution in [2.24, 2.45) is 0 Å². The van der Waals surface area contributed by atoms with Crippen LogP contribution in [0.5, 0.6) is 0 Å². The zero-order valence-corrected chi connectivity index (χ0v) is 12.8. The molecule has 0 radical (unpaired) electrons. The number of hydrogen-bond donors (Lipinski definition) is 1. The number of benzene rings is 2. The van der Waals surface area contributed by atoms with E-state index < -0.39 is 0 Å². The van der Waals surface area contributed by atoms with E-state index in [1.165, 1.54) is 0 Å². The minimum Gasteiger partial charge on any atom is -0.392 e. The van der Waals surface area contributed by atoms with Crippen molar-refractivity contribution in [2.45, 2.75) is 20.1 Å². The summed E-state index contributed by atoms with van der Waals surface area (Å²) < 4.78 is 0. The molecule has 2 aromatic carbocycles. The van der Waals surface area contributed by atoms with Crippen LogP contribution in [-0.2, 0) is 13.2 Å². The molecule has 0 unspecified atom stereocenters. The minimum atomic E-state index is -0.0421. The molecule has 106 valence electrons. The van der Waals surface area contributed by atoms with Crippen molar-refractivity contribution in [2.75, 3.05) is 11.4 Å². The van der Waals surface area contributed by atoms with E-state index in [1.807, 2.05) is 36.4 Å². The predicted octanol–water partition coefficient (Wildman–Crippen LogP) is 4.51. The van der Waals surface area contributed by atoms with Crippen LogP contribution in [0.15, 0.2) is 42.5 Å². The van der Waals surface area contributed by atoms with Gasteiger partial charge in [0.05, 0.1) is 6.61 Å². The van der Waals surface area contributed by atoms with Crippen LogP contribution >= 0.6 is 23.2 Å². The number of aliphatic hydroxyl groups excluding tert-OH is 1. The SMILES string of the molecule is CCN(Cc1cccc(Cl)c1)c1ccc(CO)c(Cl)c1. The van der Waals surface area contributed by atoms with Gasteiger partial charge in [-0.05, 0) is 42.3 Å². The molecule has 1 N–H and O–H groups in total. The molecule has 0 bridgehead atoms. The van der Waals surface area contributed by atoms with Gasteiger partial charge in [0.2, 0.25) is 0 Å². The first kappa shape index (κ1) is 15.2. The highest BCUT2D eigenvalue weighted by Crippen LogP contribution is 2.25. The van der Waals surface area contributed by atoms with Gasteiger partial charge in [0.25, 0.3) is 0 Å². The van der Waals surface area contributed by atoms with Crippen molar-refractivity contribution < 1.29 is 5.11 Å². The maximum Gasteiger partial charge on any atom is 0.0696 e. The predicted molar refractivity (Wildman–Crippen MR) is 85.6 cm³/mol. The van der Waals surface area contributed by atoms with Crippen LogP contribution in [0.25, 0.3) is 0 Å². The van der Waals surface area contributed by atoms with Gasteiger partial charge in [0.1, 0.15) is 0 Å². The molecule has 0 spiro atoms. The highest BCUT2D eigenvalue weighted by Gasteiger charge is 2.08. The Balaban J connectivity index is 2.22. The molecule has 20 heavy (non-hydrogen) atoms. The summed E-state index contributed by atoms with van der Waals surface area (Å²) in [4.78, 5) is 2.21. The van der Waals surface area contributed by atoms with E-state index in [0.717, 1.165) is 34.9 Å². The Morgan fingerprint density at radius 2 is 1.90 bits per heavy atom. The number of hydrogen-bond acceptors (Lipinski definition) is 2. The number of anilines is 1. The molecule has 0 aromatic heterocycles. The molecule has 2 nitrogen and oxygen atoms in total. The van der Waals surface area contributed by atoms with Crippen molar-refractivity contribution in [1.82, 2.24) is 0 Å². The highest BCUT2D eigenvalue weighted by molar-refractivity contribution is 6.31. The molecule has 0 aliphatic heterocycles. The molecule has 0 saturated carbocycles. The van der Waals surface area contributed by atoms with Gasteiger partial charge < -0.3 is 10.0 Å². The summed E-state index contributed by atoms with van der Waals surface area (Å²) in [6.45, 7) is 3.69. The van der Waals surface area contributed by atoms with E-state index in [4.69, 9.17) is 28.3 Å². The Kier molecular flexibility index (Phi) is 5.30. The van der Waals surface area contributed by atoms with Crippen molar-refractivity contribution in [3.8, 4) is 0 Å². The Labute approximate surface area is 129 Å². The third-order valence-electron chi connectivity index (χ3n) is 3.22. The fourth-order valence-electron chi connectivity index (χ4n) is 2.10. The third kappa shape index (κ3) is 3.66. The smallest absolute Gasteiger partial charge is 0.0696 e. The zero-order valence-electron chi connectivity index (χ0n) is 11.3. The maximum absolute atomic E-state index is 9.16. The first-order valence-corrected chi connectivity index (χ1v) is 7.28. The molecule has 0 heterocycles. The second-order valence-electron chi connectivity index (χ2n) is 4.58. The largest absolute Gasteiger partial charge is 0.392 e. The zero-order chi connectivity index (χ0) is 14.5. The van der Waals surface area contributed by atoms with Gasteiger partial charge in [0.15, 0.2) is 0 Å². The molecule has 0 fully saturated rings. The van der Waals surface area contributed by atoms with E-state index >= 15 is 0 Å². The first-order chi connectivity index (χ1) is 9.63. The average molecular weight is 310 g/mol. The molecule has 0 atom stereocenters. The fraction of sp³-hybridized carbons (Fsp3) is 0.250. The summed E-state index contributed by atoms with van der Waals surface area (Å²) in [7, 11) is 0. The number of rotatable bonds is 5. The lowest BCUT2D eigenvalue weighted by atomic mass is 10.1.